The van der Waals surface area contributed by atoms with Crippen LogP contribution in [0, 0.1) is 0 Å². The van der Waals surface area contributed by atoms with Crippen LogP contribution in [0.15, 0.2) is 0 Å². The molecule has 1 saturated heterocycles. The summed E-state index contributed by atoms with van der Waals surface area (Å²) in [5.74, 6) is -1.53. The van der Waals surface area contributed by atoms with E-state index < -0.39 is 55.3 Å². The summed E-state index contributed by atoms with van der Waals surface area (Å²) in [4.78, 5) is 22.4. The van der Waals surface area contributed by atoms with Crippen molar-refractivity contribution in [3.63, 3.8) is 0 Å². The first-order valence-electron chi connectivity index (χ1n) is 5.85. The molecule has 0 aliphatic carbocycles. The molecule has 0 aromatic rings. The van der Waals surface area contributed by atoms with E-state index in [1.54, 1.807) is 0 Å². The van der Waals surface area contributed by atoms with Crippen molar-refractivity contribution in [2.75, 3.05) is 13.2 Å². The maximum absolute atomic E-state index is 11.2. The molecule has 10 heteroatoms. The summed E-state index contributed by atoms with van der Waals surface area (Å²) in [5, 5.41) is 31.0. The Morgan fingerprint density at radius 3 is 2.50 bits per heavy atom. The molecule has 20 heavy (non-hydrogen) atoms. The van der Waals surface area contributed by atoms with E-state index in [1.165, 1.54) is 0 Å². The van der Waals surface area contributed by atoms with E-state index in [0.717, 1.165) is 6.92 Å². The second-order valence-electron chi connectivity index (χ2n) is 4.43. The molecular weight excluding hydrogens is 274 g/mol. The Morgan fingerprint density at radius 2 is 2.05 bits per heavy atom. The van der Waals surface area contributed by atoms with Gasteiger partial charge in [-0.25, -0.2) is 0 Å². The van der Waals surface area contributed by atoms with Gasteiger partial charge in [-0.15, -0.1) is 0 Å². The lowest BCUT2D eigenvalue weighted by Crippen LogP contribution is -2.78. The highest BCUT2D eigenvalue weighted by Crippen LogP contribution is 2.27. The van der Waals surface area contributed by atoms with E-state index in [4.69, 9.17) is 26.0 Å². The molecule has 0 aromatic heterocycles. The molecule has 0 spiro atoms. The average Bonchev–Trinajstić information content (AvgIpc) is 2.38. The number of rotatable bonds is 4. The second-order valence-corrected chi connectivity index (χ2v) is 4.43. The SMILES string of the molecule is CC(=O)N[C@]1(N)C(OC(=O)CN)O[C@H](CO)[C@H](O)[C@@H]1O. The highest BCUT2D eigenvalue weighted by molar-refractivity contribution is 5.74. The molecule has 5 atom stereocenters. The van der Waals surface area contributed by atoms with Gasteiger partial charge in [0.1, 0.15) is 18.3 Å². The Kier molecular flexibility index (Phi) is 5.39. The Hall–Kier alpha value is -1.30. The maximum Gasteiger partial charge on any atom is 0.322 e. The summed E-state index contributed by atoms with van der Waals surface area (Å²) < 4.78 is 9.91. The lowest BCUT2D eigenvalue weighted by molar-refractivity contribution is -0.288. The monoisotopic (exact) mass is 293 g/mol. The van der Waals surface area contributed by atoms with Gasteiger partial charge in [0.2, 0.25) is 12.2 Å². The van der Waals surface area contributed by atoms with E-state index >= 15 is 0 Å². The lowest BCUT2D eigenvalue weighted by Gasteiger charge is -2.47. The molecule has 1 heterocycles. The largest absolute Gasteiger partial charge is 0.431 e. The Balaban J connectivity index is 3.04. The minimum absolute atomic E-state index is 0.474. The lowest BCUT2D eigenvalue weighted by atomic mass is 9.91. The summed E-state index contributed by atoms with van der Waals surface area (Å²) in [6.07, 6.45) is -6.15. The van der Waals surface area contributed by atoms with Crippen LogP contribution in [0.2, 0.25) is 0 Å². The fourth-order valence-electron chi connectivity index (χ4n) is 1.86. The van der Waals surface area contributed by atoms with Gasteiger partial charge < -0.3 is 41.6 Å². The van der Waals surface area contributed by atoms with Gasteiger partial charge in [0, 0.05) is 6.92 Å². The van der Waals surface area contributed by atoms with Crippen molar-refractivity contribution in [2.45, 2.75) is 37.2 Å². The number of nitrogens with two attached hydrogens (primary N) is 2. The van der Waals surface area contributed by atoms with E-state index in [9.17, 15) is 19.8 Å². The van der Waals surface area contributed by atoms with Gasteiger partial charge in [-0.3, -0.25) is 9.59 Å². The van der Waals surface area contributed by atoms with E-state index in [1.807, 2.05) is 0 Å². The number of carbonyl (C=O) groups is 2. The third-order valence-corrected chi connectivity index (χ3v) is 2.86. The van der Waals surface area contributed by atoms with Crippen molar-refractivity contribution < 1.29 is 34.4 Å². The third-order valence-electron chi connectivity index (χ3n) is 2.86. The molecule has 1 aliphatic heterocycles. The highest BCUT2D eigenvalue weighted by Gasteiger charge is 2.56. The zero-order chi connectivity index (χ0) is 15.5. The molecular formula is C10H19N3O7. The Morgan fingerprint density at radius 1 is 1.45 bits per heavy atom. The van der Waals surface area contributed by atoms with Gasteiger partial charge in [-0.05, 0) is 0 Å². The molecule has 1 amide bonds. The average molecular weight is 293 g/mol. The number of aliphatic hydroxyl groups is 3. The first kappa shape index (κ1) is 16.8. The van der Waals surface area contributed by atoms with E-state index in [0.29, 0.717) is 0 Å². The van der Waals surface area contributed by atoms with Crippen molar-refractivity contribution in [1.29, 1.82) is 0 Å². The third kappa shape index (κ3) is 3.23. The van der Waals surface area contributed by atoms with Crippen molar-refractivity contribution in [2.24, 2.45) is 11.5 Å². The fourth-order valence-corrected chi connectivity index (χ4v) is 1.86. The number of nitrogens with one attached hydrogen (secondary N) is 1. The molecule has 1 aliphatic rings. The minimum Gasteiger partial charge on any atom is -0.431 e. The van der Waals surface area contributed by atoms with Gasteiger partial charge in [0.25, 0.3) is 0 Å². The van der Waals surface area contributed by atoms with Gasteiger partial charge in [-0.2, -0.15) is 0 Å². The summed E-state index contributed by atoms with van der Waals surface area (Å²) in [5.41, 5.74) is 8.81. The molecule has 0 aromatic carbocycles. The maximum atomic E-state index is 11.2. The van der Waals surface area contributed by atoms with Crippen LogP contribution in [-0.2, 0) is 19.1 Å². The fraction of sp³-hybridized carbons (Fsp3) is 0.800. The van der Waals surface area contributed by atoms with Gasteiger partial charge in [0.15, 0.2) is 5.66 Å². The van der Waals surface area contributed by atoms with Gasteiger partial charge in [-0.1, -0.05) is 0 Å². The van der Waals surface area contributed by atoms with Crippen LogP contribution in [0.5, 0.6) is 0 Å². The molecule has 116 valence electrons. The van der Waals surface area contributed by atoms with Gasteiger partial charge in [0.05, 0.1) is 13.2 Å². The van der Waals surface area contributed by atoms with Crippen LogP contribution in [0.25, 0.3) is 0 Å². The molecule has 0 bridgehead atoms. The van der Waals surface area contributed by atoms with E-state index in [-0.39, 0.29) is 0 Å². The number of aliphatic hydroxyl groups excluding tert-OH is 3. The van der Waals surface area contributed by atoms with E-state index in [2.05, 4.69) is 5.32 Å². The van der Waals surface area contributed by atoms with Crippen molar-refractivity contribution in [3.8, 4) is 0 Å². The quantitative estimate of drug-likeness (QED) is 0.221. The molecule has 1 unspecified atom stereocenters. The summed E-state index contributed by atoms with van der Waals surface area (Å²) in [6, 6.07) is 0. The zero-order valence-electron chi connectivity index (χ0n) is 10.9. The smallest absolute Gasteiger partial charge is 0.322 e. The molecule has 1 rings (SSSR count). The predicted molar refractivity (Wildman–Crippen MR) is 63.6 cm³/mol. The van der Waals surface area contributed by atoms with Gasteiger partial charge >= 0.3 is 5.97 Å². The standard InChI is InChI=1S/C10H19N3O7/c1-4(15)13-10(12)8(18)7(17)5(3-14)19-9(10)20-6(16)2-11/h5,7-9,14,17-18H,2-3,11-12H2,1H3,(H,13,15)/t5-,7+,8+,9?,10+/m1/s1. The number of carbonyl (C=O) groups excluding carboxylic acids is 2. The molecule has 1 fully saturated rings. The first-order valence-corrected chi connectivity index (χ1v) is 5.85. The van der Waals surface area contributed by atoms with Crippen LogP contribution in [-0.4, -0.2) is 70.6 Å². The van der Waals surface area contributed by atoms with Crippen molar-refractivity contribution in [1.82, 2.24) is 5.32 Å². The first-order chi connectivity index (χ1) is 9.26. The predicted octanol–water partition coefficient (Wildman–Crippen LogP) is -4.28. The molecule has 0 saturated carbocycles. The van der Waals surface area contributed by atoms with Crippen molar-refractivity contribution >= 4 is 11.9 Å². The van der Waals surface area contributed by atoms with Crippen LogP contribution in [0.3, 0.4) is 0 Å². The van der Waals surface area contributed by atoms with Crippen LogP contribution < -0.4 is 16.8 Å². The summed E-state index contributed by atoms with van der Waals surface area (Å²) >= 11 is 0. The summed E-state index contributed by atoms with van der Waals surface area (Å²) in [7, 11) is 0. The number of amides is 1. The number of hydrogen-bond acceptors (Lipinski definition) is 9. The Bertz CT molecular complexity index is 380. The van der Waals surface area contributed by atoms with Crippen LogP contribution >= 0.6 is 0 Å². The Labute approximate surface area is 114 Å². The minimum atomic E-state index is -2.07. The van der Waals surface area contributed by atoms with Crippen molar-refractivity contribution in [3.05, 3.63) is 0 Å². The zero-order valence-corrected chi connectivity index (χ0v) is 10.9. The highest BCUT2D eigenvalue weighted by atomic mass is 16.7. The molecule has 8 N–H and O–H groups in total. The number of esters is 1. The van der Waals surface area contributed by atoms with Crippen LogP contribution in [0.4, 0.5) is 0 Å². The number of ether oxygens (including phenoxy) is 2. The molecule has 0 radical (unpaired) electrons. The summed E-state index contributed by atoms with van der Waals surface area (Å²) in [6.45, 7) is -0.00282. The topological polar surface area (TPSA) is 177 Å². The number of hydrogen-bond donors (Lipinski definition) is 6. The normalized spacial score (nSPS) is 37.3. The molecule has 10 nitrogen and oxygen atoms in total. The second kappa shape index (κ2) is 6.43. The van der Waals surface area contributed by atoms with Crippen LogP contribution in [0.1, 0.15) is 6.92 Å².